The van der Waals surface area contributed by atoms with Crippen molar-refractivity contribution in [2.75, 3.05) is 4.90 Å². The van der Waals surface area contributed by atoms with E-state index in [2.05, 4.69) is 26.0 Å². The molecule has 0 aliphatic heterocycles. The van der Waals surface area contributed by atoms with Gasteiger partial charge in [0, 0.05) is 0 Å². The number of anilines is 1. The van der Waals surface area contributed by atoms with Crippen molar-refractivity contribution in [3.63, 3.8) is 0 Å². The summed E-state index contributed by atoms with van der Waals surface area (Å²) in [5, 5.41) is 7.22. The Bertz CT molecular complexity index is 492. The Balaban J connectivity index is 2.49. The zero-order valence-electron chi connectivity index (χ0n) is 7.95. The van der Waals surface area contributed by atoms with Crippen LogP contribution in [0, 0.1) is 5.41 Å². The van der Waals surface area contributed by atoms with Crippen LogP contribution in [0.2, 0.25) is 0 Å². The van der Waals surface area contributed by atoms with E-state index >= 15 is 0 Å². The number of rotatable bonds is 2. The fourth-order valence-electron chi connectivity index (χ4n) is 1.33. The number of halogens is 2. The number of nitrogens with one attached hydrogen (secondary N) is 2. The van der Waals surface area contributed by atoms with E-state index in [1.165, 1.54) is 0 Å². The monoisotopic (exact) mass is 289 g/mol. The van der Waals surface area contributed by atoms with Crippen LogP contribution in [0.1, 0.15) is 0 Å². The van der Waals surface area contributed by atoms with Gasteiger partial charge in [-0.25, -0.2) is 0 Å². The van der Waals surface area contributed by atoms with Gasteiger partial charge in [-0.15, -0.1) is 0 Å². The molecule has 1 aromatic carbocycles. The molecule has 1 radical (unpaired) electrons. The molecule has 1 aromatic heterocycles. The van der Waals surface area contributed by atoms with Gasteiger partial charge >= 0.3 is 97.6 Å². The van der Waals surface area contributed by atoms with Crippen LogP contribution in [0.25, 0.3) is 11.0 Å². The molecule has 0 aliphatic carbocycles. The maximum absolute atomic E-state index is 12.7. The van der Waals surface area contributed by atoms with Gasteiger partial charge in [0.15, 0.2) is 0 Å². The van der Waals surface area contributed by atoms with Gasteiger partial charge in [-0.1, -0.05) is 0 Å². The number of aromatic nitrogens is 2. The van der Waals surface area contributed by atoms with Crippen LogP contribution < -0.4 is 4.90 Å². The number of para-hydroxylation sites is 2. The van der Waals surface area contributed by atoms with E-state index in [0.717, 1.165) is 0 Å². The standard InChI is InChI=1S/C9H7F2N4Se/c10-7(11)15(8(12)16)9-13-5-3-1-2-4-6(5)14-9/h1-4,7,12H,(H,13,14). The Hall–Kier alpha value is -1.46. The van der Waals surface area contributed by atoms with E-state index in [4.69, 9.17) is 5.41 Å². The summed E-state index contributed by atoms with van der Waals surface area (Å²) in [7, 11) is 0. The number of benzene rings is 1. The summed E-state index contributed by atoms with van der Waals surface area (Å²) in [6.45, 7) is -2.81. The minimum absolute atomic E-state index is 0.0417. The molecule has 0 fully saturated rings. The molecule has 2 aromatic rings. The summed E-state index contributed by atoms with van der Waals surface area (Å²) in [5.41, 5.74) is 1.24. The van der Waals surface area contributed by atoms with Gasteiger partial charge in [-0.3, -0.25) is 0 Å². The predicted octanol–water partition coefficient (Wildman–Crippen LogP) is 1.70. The first kappa shape index (κ1) is 11.0. The molecule has 2 N–H and O–H groups in total. The summed E-state index contributed by atoms with van der Waals surface area (Å²) in [6.07, 6.45) is 0. The fraction of sp³-hybridized carbons (Fsp3) is 0.111. The molecule has 83 valence electrons. The number of hydrogen-bond acceptors (Lipinski definition) is 2. The number of nitrogens with zero attached hydrogens (tertiary/aromatic N) is 2. The first-order valence-electron chi connectivity index (χ1n) is 4.37. The Morgan fingerprint density at radius 1 is 1.44 bits per heavy atom. The number of H-pyrrole nitrogens is 1. The average Bonchev–Trinajstić information content (AvgIpc) is 2.58. The van der Waals surface area contributed by atoms with E-state index in [1.54, 1.807) is 24.3 Å². The van der Waals surface area contributed by atoms with Crippen LogP contribution in [0.15, 0.2) is 24.3 Å². The SMILES string of the molecule is N=C([Se])N(c1nc2ccccc2[nH]1)C(F)F. The topological polar surface area (TPSA) is 55.8 Å². The summed E-state index contributed by atoms with van der Waals surface area (Å²) >= 11 is 2.23. The van der Waals surface area contributed by atoms with Crippen molar-refractivity contribution in [1.82, 2.24) is 9.97 Å². The third-order valence-corrected chi connectivity index (χ3v) is 2.43. The third-order valence-electron chi connectivity index (χ3n) is 2.02. The molecule has 1 heterocycles. The number of hydrogen-bond donors (Lipinski definition) is 2. The molecular weight excluding hydrogens is 281 g/mol. The summed E-state index contributed by atoms with van der Waals surface area (Å²) in [5.74, 6) is -0.0417. The number of amidine groups is 1. The van der Waals surface area contributed by atoms with Crippen LogP contribution >= 0.6 is 0 Å². The normalized spacial score (nSPS) is 10.9. The van der Waals surface area contributed by atoms with Crippen LogP contribution in [-0.4, -0.2) is 37.3 Å². The molecule has 7 heteroatoms. The molecule has 0 spiro atoms. The Labute approximate surface area is 98.0 Å². The van der Waals surface area contributed by atoms with Crippen LogP contribution in [0.4, 0.5) is 14.7 Å². The van der Waals surface area contributed by atoms with Gasteiger partial charge in [0.05, 0.1) is 0 Å². The third kappa shape index (κ3) is 1.91. The molecule has 16 heavy (non-hydrogen) atoms. The molecule has 0 amide bonds. The van der Waals surface area contributed by atoms with Crippen molar-refractivity contribution in [1.29, 1.82) is 5.41 Å². The second-order valence-corrected chi connectivity index (χ2v) is 3.84. The molecule has 0 aliphatic rings. The first-order valence-corrected chi connectivity index (χ1v) is 5.23. The van der Waals surface area contributed by atoms with Crippen molar-refractivity contribution >= 4 is 37.7 Å². The molecule has 0 saturated heterocycles. The summed E-state index contributed by atoms with van der Waals surface area (Å²) in [6, 6.07) is 6.99. The Kier molecular flexibility index (Phi) is 2.89. The molecule has 0 atom stereocenters. The number of aromatic amines is 1. The van der Waals surface area contributed by atoms with E-state index in [1.807, 2.05) is 0 Å². The minimum atomic E-state index is -2.81. The Morgan fingerprint density at radius 2 is 2.12 bits per heavy atom. The molecule has 4 nitrogen and oxygen atoms in total. The van der Waals surface area contributed by atoms with Crippen LogP contribution in [0.5, 0.6) is 0 Å². The molecule has 2 rings (SSSR count). The quantitative estimate of drug-likeness (QED) is 0.382. The zero-order chi connectivity index (χ0) is 11.7. The van der Waals surface area contributed by atoms with Crippen molar-refractivity contribution in [2.24, 2.45) is 0 Å². The number of fused-ring (bicyclic) bond motifs is 1. The molecule has 0 saturated carbocycles. The van der Waals surface area contributed by atoms with Gasteiger partial charge in [-0.2, -0.15) is 0 Å². The predicted molar refractivity (Wildman–Crippen MR) is 58.1 cm³/mol. The zero-order valence-corrected chi connectivity index (χ0v) is 9.66. The first-order chi connectivity index (χ1) is 7.59. The molecule has 0 unspecified atom stereocenters. The summed E-state index contributed by atoms with van der Waals surface area (Å²) < 4.78 is 25.0. The second-order valence-electron chi connectivity index (χ2n) is 3.03. The Morgan fingerprint density at radius 3 is 2.69 bits per heavy atom. The van der Waals surface area contributed by atoms with Gasteiger partial charge < -0.3 is 0 Å². The fourth-order valence-corrected chi connectivity index (χ4v) is 1.68. The van der Waals surface area contributed by atoms with Crippen molar-refractivity contribution in [3.05, 3.63) is 24.3 Å². The molecular formula is C9H7F2N4Se. The van der Waals surface area contributed by atoms with Crippen LogP contribution in [-0.2, 0) is 0 Å². The van der Waals surface area contributed by atoms with E-state index in [-0.39, 0.29) is 10.7 Å². The van der Waals surface area contributed by atoms with Crippen molar-refractivity contribution in [3.8, 4) is 0 Å². The number of imidazole rings is 1. The van der Waals surface area contributed by atoms with E-state index in [0.29, 0.717) is 15.9 Å². The van der Waals surface area contributed by atoms with Gasteiger partial charge in [0.25, 0.3) is 0 Å². The van der Waals surface area contributed by atoms with Gasteiger partial charge in [-0.05, 0) is 0 Å². The van der Waals surface area contributed by atoms with Crippen molar-refractivity contribution < 1.29 is 8.78 Å². The van der Waals surface area contributed by atoms with Gasteiger partial charge in [0.1, 0.15) is 0 Å². The van der Waals surface area contributed by atoms with Gasteiger partial charge in [0.2, 0.25) is 0 Å². The van der Waals surface area contributed by atoms with E-state index < -0.39 is 6.55 Å². The van der Waals surface area contributed by atoms with Crippen LogP contribution in [0.3, 0.4) is 0 Å². The average molecular weight is 288 g/mol. The number of alkyl halides is 2. The maximum atomic E-state index is 12.7. The second kappa shape index (κ2) is 4.19. The summed E-state index contributed by atoms with van der Waals surface area (Å²) in [4.78, 5) is 7.20. The van der Waals surface area contributed by atoms with Crippen molar-refractivity contribution in [2.45, 2.75) is 6.55 Å². The molecule has 0 bridgehead atoms. The van der Waals surface area contributed by atoms with E-state index in [9.17, 15) is 8.78 Å².